The van der Waals surface area contributed by atoms with Crippen LogP contribution in [0, 0.1) is 0 Å². The predicted molar refractivity (Wildman–Crippen MR) is 105 cm³/mol. The first-order valence-electron chi connectivity index (χ1n) is 8.48. The quantitative estimate of drug-likeness (QED) is 0.400. The Hall–Kier alpha value is -2.31. The van der Waals surface area contributed by atoms with Crippen LogP contribution in [-0.2, 0) is 17.7 Å². The third-order valence-corrected chi connectivity index (χ3v) is 4.06. The summed E-state index contributed by atoms with van der Waals surface area (Å²) in [6, 6.07) is 11.7. The first kappa shape index (κ1) is 20.0. The molecule has 1 heterocycles. The number of halogens is 1. The van der Waals surface area contributed by atoms with Gasteiger partial charge in [-0.1, -0.05) is 35.9 Å². The fourth-order valence-corrected chi connectivity index (χ4v) is 2.56. The van der Waals surface area contributed by atoms with E-state index >= 15 is 0 Å². The summed E-state index contributed by atoms with van der Waals surface area (Å²) in [5.74, 6) is 1.31. The largest absolute Gasteiger partial charge is 0.475 e. The van der Waals surface area contributed by atoms with E-state index in [0.717, 1.165) is 29.1 Å². The highest BCUT2D eigenvalue weighted by Crippen LogP contribution is 2.15. The smallest absolute Gasteiger partial charge is 0.218 e. The van der Waals surface area contributed by atoms with Gasteiger partial charge in [0.15, 0.2) is 5.96 Å². The number of nitrogens with one attached hydrogen (secondary N) is 2. The molecule has 0 saturated heterocycles. The molecule has 0 fully saturated rings. The van der Waals surface area contributed by atoms with Gasteiger partial charge in [0.05, 0.1) is 6.61 Å². The number of benzene rings is 1. The third-order valence-electron chi connectivity index (χ3n) is 3.69. The van der Waals surface area contributed by atoms with E-state index in [1.165, 1.54) is 0 Å². The minimum atomic E-state index is 0.464. The van der Waals surface area contributed by atoms with Crippen molar-refractivity contribution in [2.75, 3.05) is 33.9 Å². The van der Waals surface area contributed by atoms with E-state index in [4.69, 9.17) is 21.1 Å². The van der Waals surface area contributed by atoms with Gasteiger partial charge in [0, 0.05) is 44.0 Å². The molecule has 1 aromatic carbocycles. The van der Waals surface area contributed by atoms with E-state index in [2.05, 4.69) is 20.6 Å². The normalized spacial score (nSPS) is 11.3. The fraction of sp³-hybridized carbons (Fsp3) is 0.368. The van der Waals surface area contributed by atoms with Crippen LogP contribution in [0.15, 0.2) is 47.6 Å². The lowest BCUT2D eigenvalue weighted by Crippen LogP contribution is -2.38. The standard InChI is InChI=1S/C19H25ClN4O2/c1-21-19(23-11-9-15-6-3-4-8-17(15)20)24-14-16-7-5-10-22-18(16)26-13-12-25-2/h3-8,10H,9,11-14H2,1-2H3,(H2,21,23,24). The molecular formula is C19H25ClN4O2. The minimum Gasteiger partial charge on any atom is -0.475 e. The molecule has 7 heteroatoms. The number of aromatic nitrogens is 1. The number of nitrogens with zero attached hydrogens (tertiary/aromatic N) is 2. The van der Waals surface area contributed by atoms with Gasteiger partial charge < -0.3 is 20.1 Å². The zero-order valence-electron chi connectivity index (χ0n) is 15.2. The molecule has 0 spiro atoms. The average molecular weight is 377 g/mol. The highest BCUT2D eigenvalue weighted by Gasteiger charge is 2.06. The summed E-state index contributed by atoms with van der Waals surface area (Å²) in [7, 11) is 3.38. The number of guanidine groups is 1. The van der Waals surface area contributed by atoms with Crippen LogP contribution in [0.5, 0.6) is 5.88 Å². The van der Waals surface area contributed by atoms with Crippen LogP contribution in [0.25, 0.3) is 0 Å². The molecule has 0 unspecified atom stereocenters. The summed E-state index contributed by atoms with van der Waals surface area (Å²) in [6.07, 6.45) is 2.53. The fourth-order valence-electron chi connectivity index (χ4n) is 2.33. The van der Waals surface area contributed by atoms with Crippen molar-refractivity contribution in [1.29, 1.82) is 0 Å². The molecule has 0 aliphatic rings. The third kappa shape index (κ3) is 6.54. The molecule has 6 nitrogen and oxygen atoms in total. The van der Waals surface area contributed by atoms with E-state index in [9.17, 15) is 0 Å². The Labute approximate surface area is 159 Å². The summed E-state index contributed by atoms with van der Waals surface area (Å²) in [5, 5.41) is 7.34. The minimum absolute atomic E-state index is 0.464. The van der Waals surface area contributed by atoms with Gasteiger partial charge in [-0.2, -0.15) is 0 Å². The lowest BCUT2D eigenvalue weighted by molar-refractivity contribution is 0.143. The highest BCUT2D eigenvalue weighted by atomic mass is 35.5. The number of aliphatic imine (C=N–C) groups is 1. The molecule has 2 N–H and O–H groups in total. The molecule has 0 radical (unpaired) electrons. The lowest BCUT2D eigenvalue weighted by atomic mass is 10.1. The van der Waals surface area contributed by atoms with Gasteiger partial charge in [0.1, 0.15) is 6.61 Å². The molecule has 140 valence electrons. The van der Waals surface area contributed by atoms with E-state index in [1.807, 2.05) is 36.4 Å². The second-order valence-electron chi connectivity index (χ2n) is 5.50. The molecule has 2 rings (SSSR count). The predicted octanol–water partition coefficient (Wildman–Crippen LogP) is 2.67. The summed E-state index contributed by atoms with van der Waals surface area (Å²) in [5.41, 5.74) is 2.07. The van der Waals surface area contributed by atoms with Crippen molar-refractivity contribution in [1.82, 2.24) is 15.6 Å². The average Bonchev–Trinajstić information content (AvgIpc) is 2.67. The van der Waals surface area contributed by atoms with Gasteiger partial charge in [-0.3, -0.25) is 4.99 Å². The van der Waals surface area contributed by atoms with Crippen molar-refractivity contribution >= 4 is 17.6 Å². The van der Waals surface area contributed by atoms with Crippen molar-refractivity contribution in [2.24, 2.45) is 4.99 Å². The molecule has 26 heavy (non-hydrogen) atoms. The molecule has 2 aromatic rings. The Kier molecular flexibility index (Phi) is 8.72. The van der Waals surface area contributed by atoms with Crippen LogP contribution in [0.3, 0.4) is 0 Å². The SMILES string of the molecule is CN=C(NCCc1ccccc1Cl)NCc1cccnc1OCCOC. The maximum absolute atomic E-state index is 6.18. The number of ether oxygens (including phenoxy) is 2. The van der Waals surface area contributed by atoms with Gasteiger partial charge in [-0.05, 0) is 24.1 Å². The Morgan fingerprint density at radius 1 is 1.12 bits per heavy atom. The number of hydrogen-bond acceptors (Lipinski definition) is 4. The summed E-state index contributed by atoms with van der Waals surface area (Å²) in [4.78, 5) is 8.52. The van der Waals surface area contributed by atoms with Crippen LogP contribution in [-0.4, -0.2) is 44.9 Å². The molecule has 0 saturated carbocycles. The van der Waals surface area contributed by atoms with Gasteiger partial charge in [0.25, 0.3) is 0 Å². The molecule has 0 amide bonds. The summed E-state index contributed by atoms with van der Waals surface area (Å²) in [6.45, 7) is 2.27. The molecule has 0 aliphatic carbocycles. The summed E-state index contributed by atoms with van der Waals surface area (Å²) >= 11 is 6.18. The second-order valence-corrected chi connectivity index (χ2v) is 5.91. The number of pyridine rings is 1. The maximum Gasteiger partial charge on any atom is 0.218 e. The second kappa shape index (κ2) is 11.3. The van der Waals surface area contributed by atoms with Crippen molar-refractivity contribution in [3.8, 4) is 5.88 Å². The molecular weight excluding hydrogens is 352 g/mol. The first-order valence-corrected chi connectivity index (χ1v) is 8.86. The Morgan fingerprint density at radius 2 is 1.92 bits per heavy atom. The van der Waals surface area contributed by atoms with Gasteiger partial charge >= 0.3 is 0 Å². The van der Waals surface area contributed by atoms with E-state index in [1.54, 1.807) is 20.4 Å². The van der Waals surface area contributed by atoms with Crippen molar-refractivity contribution < 1.29 is 9.47 Å². The van der Waals surface area contributed by atoms with E-state index < -0.39 is 0 Å². The highest BCUT2D eigenvalue weighted by molar-refractivity contribution is 6.31. The van der Waals surface area contributed by atoms with Crippen LogP contribution >= 0.6 is 11.6 Å². The molecule has 1 aromatic heterocycles. The van der Waals surface area contributed by atoms with Crippen molar-refractivity contribution in [3.05, 3.63) is 58.7 Å². The van der Waals surface area contributed by atoms with Crippen LogP contribution < -0.4 is 15.4 Å². The Bertz CT molecular complexity index is 709. The van der Waals surface area contributed by atoms with E-state index in [-0.39, 0.29) is 0 Å². The lowest BCUT2D eigenvalue weighted by Gasteiger charge is -2.14. The number of rotatable bonds is 9. The van der Waals surface area contributed by atoms with E-state index in [0.29, 0.717) is 31.6 Å². The number of hydrogen-bond donors (Lipinski definition) is 2. The maximum atomic E-state index is 6.18. The van der Waals surface area contributed by atoms with Crippen LogP contribution in [0.4, 0.5) is 0 Å². The Morgan fingerprint density at radius 3 is 2.69 bits per heavy atom. The number of methoxy groups -OCH3 is 1. The molecule has 0 bridgehead atoms. The molecule has 0 aliphatic heterocycles. The summed E-state index contributed by atoms with van der Waals surface area (Å²) < 4.78 is 10.6. The monoisotopic (exact) mass is 376 g/mol. The molecule has 0 atom stereocenters. The zero-order chi connectivity index (χ0) is 18.6. The topological polar surface area (TPSA) is 67.8 Å². The van der Waals surface area contributed by atoms with Gasteiger partial charge in [0.2, 0.25) is 5.88 Å². The van der Waals surface area contributed by atoms with Crippen molar-refractivity contribution in [2.45, 2.75) is 13.0 Å². The van der Waals surface area contributed by atoms with Crippen LogP contribution in [0.1, 0.15) is 11.1 Å². The first-order chi connectivity index (χ1) is 12.7. The van der Waals surface area contributed by atoms with Gasteiger partial charge in [-0.15, -0.1) is 0 Å². The van der Waals surface area contributed by atoms with Gasteiger partial charge in [-0.25, -0.2) is 4.98 Å². The zero-order valence-corrected chi connectivity index (χ0v) is 15.9. The Balaban J connectivity index is 1.82. The van der Waals surface area contributed by atoms with Crippen LogP contribution in [0.2, 0.25) is 5.02 Å². The van der Waals surface area contributed by atoms with Crippen molar-refractivity contribution in [3.63, 3.8) is 0 Å².